The van der Waals surface area contributed by atoms with Gasteiger partial charge in [0.1, 0.15) is 6.10 Å². The fourth-order valence-corrected chi connectivity index (χ4v) is 1.89. The monoisotopic (exact) mass is 318 g/mol. The van der Waals surface area contributed by atoms with Gasteiger partial charge in [0.25, 0.3) is 0 Å². The van der Waals surface area contributed by atoms with Gasteiger partial charge in [-0.05, 0) is 24.6 Å². The number of aromatic hydroxyl groups is 1. The number of aliphatic hydroxyl groups is 1. The fourth-order valence-electron chi connectivity index (χ4n) is 1.80. The van der Waals surface area contributed by atoms with Crippen molar-refractivity contribution in [2.75, 3.05) is 19.0 Å². The number of carbonyl (C=O) groups is 1. The van der Waals surface area contributed by atoms with Crippen LogP contribution in [0.15, 0.2) is 18.2 Å². The van der Waals surface area contributed by atoms with Crippen LogP contribution in [0.1, 0.15) is 25.0 Å². The van der Waals surface area contributed by atoms with Crippen molar-refractivity contribution in [3.8, 4) is 5.75 Å². The molecule has 0 unspecified atom stereocenters. The predicted octanol–water partition coefficient (Wildman–Crippen LogP) is 1.83. The molecule has 1 rings (SSSR count). The Morgan fingerprint density at radius 1 is 1.48 bits per heavy atom. The normalized spacial score (nSPS) is 13.7. The second kappa shape index (κ2) is 8.86. The molecule has 118 valence electrons. The van der Waals surface area contributed by atoms with E-state index in [0.717, 1.165) is 12.1 Å². The van der Waals surface area contributed by atoms with Crippen LogP contribution >= 0.6 is 12.6 Å². The highest BCUT2D eigenvalue weighted by Crippen LogP contribution is 2.25. The van der Waals surface area contributed by atoms with E-state index in [1.54, 1.807) is 6.92 Å². The first-order valence-electron chi connectivity index (χ1n) is 6.54. The van der Waals surface area contributed by atoms with E-state index in [2.05, 4.69) is 12.6 Å². The third-order valence-corrected chi connectivity index (χ3v) is 3.10. The molecule has 7 heteroatoms. The Hall–Kier alpha value is -1.31. The van der Waals surface area contributed by atoms with Crippen LogP contribution < -0.4 is 0 Å². The number of thiol groups is 1. The molecule has 5 nitrogen and oxygen atoms in total. The van der Waals surface area contributed by atoms with Crippen LogP contribution in [0.5, 0.6) is 5.75 Å². The van der Waals surface area contributed by atoms with Gasteiger partial charge >= 0.3 is 5.97 Å². The maximum atomic E-state index is 13.3. The number of carbonyl (C=O) groups excluding carboxylic acids is 1. The first-order valence-corrected chi connectivity index (χ1v) is 7.17. The van der Waals surface area contributed by atoms with E-state index in [4.69, 9.17) is 14.6 Å². The highest BCUT2D eigenvalue weighted by Gasteiger charge is 2.22. The summed E-state index contributed by atoms with van der Waals surface area (Å²) in [5.41, 5.74) is 0.282. The van der Waals surface area contributed by atoms with E-state index in [9.17, 15) is 14.3 Å². The number of hydrogen-bond donors (Lipinski definition) is 3. The van der Waals surface area contributed by atoms with Crippen LogP contribution in [0, 0.1) is 5.82 Å². The second-order valence-electron chi connectivity index (χ2n) is 4.32. The van der Waals surface area contributed by atoms with Crippen molar-refractivity contribution < 1.29 is 28.9 Å². The van der Waals surface area contributed by atoms with E-state index in [1.165, 1.54) is 6.07 Å². The van der Waals surface area contributed by atoms with Crippen molar-refractivity contribution in [1.29, 1.82) is 0 Å². The molecule has 2 N–H and O–H groups in total. The Bertz CT molecular complexity index is 469. The second-order valence-corrected chi connectivity index (χ2v) is 4.63. The van der Waals surface area contributed by atoms with Gasteiger partial charge in [-0.15, -0.1) is 0 Å². The Morgan fingerprint density at radius 3 is 2.76 bits per heavy atom. The minimum atomic E-state index is -1.09. The Morgan fingerprint density at radius 2 is 2.19 bits per heavy atom. The van der Waals surface area contributed by atoms with Gasteiger partial charge in [-0.2, -0.15) is 12.6 Å². The molecule has 1 aromatic rings. The van der Waals surface area contributed by atoms with E-state index >= 15 is 0 Å². The number of phenolic OH excluding ortho intramolecular Hbond substituents is 1. The maximum Gasteiger partial charge on any atom is 0.315 e. The molecule has 0 aliphatic heterocycles. The van der Waals surface area contributed by atoms with Gasteiger partial charge in [0.15, 0.2) is 11.6 Å². The molecule has 0 fully saturated rings. The molecular weight excluding hydrogens is 299 g/mol. The first-order chi connectivity index (χ1) is 9.99. The van der Waals surface area contributed by atoms with Gasteiger partial charge in [0.05, 0.1) is 18.5 Å². The number of halogens is 1. The SMILES string of the molecule is CCO[C@@H](CCOC(=O)CS)[C@@H](O)c1ccc(O)c(F)c1. The van der Waals surface area contributed by atoms with Crippen molar-refractivity contribution in [3.05, 3.63) is 29.6 Å². The Labute approximate surface area is 128 Å². The Balaban J connectivity index is 2.69. The average molecular weight is 318 g/mol. The van der Waals surface area contributed by atoms with Crippen molar-refractivity contribution in [2.24, 2.45) is 0 Å². The van der Waals surface area contributed by atoms with Crippen LogP contribution in [0.2, 0.25) is 0 Å². The zero-order valence-corrected chi connectivity index (χ0v) is 12.6. The molecule has 21 heavy (non-hydrogen) atoms. The molecule has 2 atom stereocenters. The topological polar surface area (TPSA) is 76.0 Å². The first kappa shape index (κ1) is 17.7. The summed E-state index contributed by atoms with van der Waals surface area (Å²) in [6, 6.07) is 3.62. The molecule has 0 amide bonds. The summed E-state index contributed by atoms with van der Waals surface area (Å²) in [5.74, 6) is -1.78. The fraction of sp³-hybridized carbons (Fsp3) is 0.500. The third-order valence-electron chi connectivity index (χ3n) is 2.84. The molecule has 0 aliphatic carbocycles. The van der Waals surface area contributed by atoms with Crippen molar-refractivity contribution in [2.45, 2.75) is 25.6 Å². The van der Waals surface area contributed by atoms with Gasteiger partial charge < -0.3 is 19.7 Å². The lowest BCUT2D eigenvalue weighted by Gasteiger charge is -2.23. The number of benzene rings is 1. The van der Waals surface area contributed by atoms with Crippen LogP contribution in [-0.2, 0) is 14.3 Å². The minimum absolute atomic E-state index is 0.0228. The molecule has 0 radical (unpaired) electrons. The van der Waals surface area contributed by atoms with Gasteiger partial charge in [0.2, 0.25) is 0 Å². The van der Waals surface area contributed by atoms with E-state index in [0.29, 0.717) is 6.61 Å². The average Bonchev–Trinajstić information content (AvgIpc) is 2.48. The predicted molar refractivity (Wildman–Crippen MR) is 77.9 cm³/mol. The molecule has 0 bridgehead atoms. The maximum absolute atomic E-state index is 13.3. The number of rotatable bonds is 8. The van der Waals surface area contributed by atoms with E-state index in [-0.39, 0.29) is 24.3 Å². The van der Waals surface area contributed by atoms with Crippen molar-refractivity contribution in [3.63, 3.8) is 0 Å². The molecule has 0 aromatic heterocycles. The van der Waals surface area contributed by atoms with Crippen LogP contribution in [0.3, 0.4) is 0 Å². The van der Waals surface area contributed by atoms with Crippen molar-refractivity contribution in [1.82, 2.24) is 0 Å². The minimum Gasteiger partial charge on any atom is -0.505 e. The van der Waals surface area contributed by atoms with E-state index in [1.807, 2.05) is 0 Å². The molecule has 0 spiro atoms. The lowest BCUT2D eigenvalue weighted by atomic mass is 10.0. The molecular formula is C14H19FO5S. The van der Waals surface area contributed by atoms with Crippen LogP contribution in [-0.4, -0.2) is 41.3 Å². The quantitative estimate of drug-likeness (QED) is 0.504. The number of phenols is 1. The molecule has 0 heterocycles. The summed E-state index contributed by atoms with van der Waals surface area (Å²) in [7, 11) is 0. The highest BCUT2D eigenvalue weighted by atomic mass is 32.1. The smallest absolute Gasteiger partial charge is 0.315 e. The zero-order chi connectivity index (χ0) is 15.8. The van der Waals surface area contributed by atoms with Gasteiger partial charge in [-0.25, -0.2) is 4.39 Å². The van der Waals surface area contributed by atoms with E-state index < -0.39 is 29.7 Å². The number of ether oxygens (including phenoxy) is 2. The van der Waals surface area contributed by atoms with Crippen LogP contribution in [0.4, 0.5) is 4.39 Å². The lowest BCUT2D eigenvalue weighted by Crippen LogP contribution is -2.25. The molecule has 0 saturated carbocycles. The van der Waals surface area contributed by atoms with Crippen molar-refractivity contribution >= 4 is 18.6 Å². The van der Waals surface area contributed by atoms with Gasteiger partial charge in [0, 0.05) is 13.0 Å². The summed E-state index contributed by atoms with van der Waals surface area (Å²) < 4.78 is 23.6. The molecule has 0 aliphatic rings. The summed E-state index contributed by atoms with van der Waals surface area (Å²) in [5, 5.41) is 19.4. The summed E-state index contributed by atoms with van der Waals surface area (Å²) in [6.45, 7) is 2.18. The summed E-state index contributed by atoms with van der Waals surface area (Å²) in [4.78, 5) is 11.0. The van der Waals surface area contributed by atoms with Gasteiger partial charge in [-0.1, -0.05) is 6.07 Å². The molecule has 0 saturated heterocycles. The summed E-state index contributed by atoms with van der Waals surface area (Å²) >= 11 is 3.78. The third kappa shape index (κ3) is 5.53. The zero-order valence-electron chi connectivity index (χ0n) is 11.7. The number of esters is 1. The standard InChI is InChI=1S/C14H19FO5S/c1-2-19-12(5-6-20-13(17)8-21)14(18)9-3-4-11(16)10(15)7-9/h3-4,7,12,14,16,18,21H,2,5-6,8H2,1H3/t12-,14-/m0/s1. The Kier molecular flexibility index (Phi) is 7.49. The largest absolute Gasteiger partial charge is 0.505 e. The summed E-state index contributed by atoms with van der Waals surface area (Å²) in [6.07, 6.45) is -1.47. The highest BCUT2D eigenvalue weighted by molar-refractivity contribution is 7.81. The number of hydrogen-bond acceptors (Lipinski definition) is 6. The molecule has 1 aromatic carbocycles. The number of aliphatic hydroxyl groups excluding tert-OH is 1. The van der Waals surface area contributed by atoms with Crippen LogP contribution in [0.25, 0.3) is 0 Å². The lowest BCUT2D eigenvalue weighted by molar-refractivity contribution is -0.142. The van der Waals surface area contributed by atoms with Gasteiger partial charge in [-0.3, -0.25) is 4.79 Å².